The number of rotatable bonds is 4. The fraction of sp³-hybridized carbons (Fsp3) is 0.700. The van der Waals surface area contributed by atoms with E-state index >= 15 is 0 Å². The summed E-state index contributed by atoms with van der Waals surface area (Å²) in [4.78, 5) is 0. The number of hydrogen-bond donors (Lipinski definition) is 0. The van der Waals surface area contributed by atoms with Crippen LogP contribution in [0.2, 0.25) is 24.2 Å². The van der Waals surface area contributed by atoms with Gasteiger partial charge in [-0.05, 0) is 156 Å². The van der Waals surface area contributed by atoms with E-state index in [9.17, 15) is 52.7 Å². The number of alkyl halides is 12. The smallest absolute Gasteiger partial charge is 0.166 e. The number of benzene rings is 2. The first kappa shape index (κ1) is 40.5. The van der Waals surface area contributed by atoms with Gasteiger partial charge in [-0.25, -0.2) is 0 Å². The summed E-state index contributed by atoms with van der Waals surface area (Å²) in [6, 6.07) is 4.00. The molecule has 6 rings (SSSR count). The normalized spacial score (nSPS) is 35.7. The predicted molar refractivity (Wildman–Crippen MR) is 182 cm³/mol. The number of hydrogen-bond acceptors (Lipinski definition) is 0. The van der Waals surface area contributed by atoms with Gasteiger partial charge in [0.1, 0.15) is 0 Å². The van der Waals surface area contributed by atoms with Gasteiger partial charge in [-0.2, -0.15) is 52.7 Å². The zero-order valence-electron chi connectivity index (χ0n) is 30.7. The summed E-state index contributed by atoms with van der Waals surface area (Å²) < 4.78 is 167. The van der Waals surface area contributed by atoms with Crippen LogP contribution >= 0.6 is 0 Å². The Balaban J connectivity index is 1.35. The topological polar surface area (TPSA) is 0 Å². The van der Waals surface area contributed by atoms with Gasteiger partial charge in [0.15, 0.2) is 0 Å². The van der Waals surface area contributed by atoms with Gasteiger partial charge in [-0.15, -0.1) is 0 Å². The van der Waals surface area contributed by atoms with Crippen LogP contribution in [0.3, 0.4) is 0 Å². The first-order chi connectivity index (χ1) is 24.2. The quantitative estimate of drug-likeness (QED) is 0.214. The molecule has 0 bridgehead atoms. The molecule has 4 fully saturated rings. The van der Waals surface area contributed by atoms with Crippen LogP contribution in [0.15, 0.2) is 36.4 Å². The van der Waals surface area contributed by atoms with Crippen molar-refractivity contribution < 1.29 is 52.7 Å². The Morgan fingerprint density at radius 2 is 0.698 bits per heavy atom. The molecule has 0 heterocycles. The van der Waals surface area contributed by atoms with Crippen molar-refractivity contribution >= 4 is 8.07 Å². The van der Waals surface area contributed by atoms with E-state index in [0.29, 0.717) is 25.7 Å². The highest BCUT2D eigenvalue weighted by Gasteiger charge is 2.61. The fourth-order valence-corrected chi connectivity index (χ4v) is 19.6. The zero-order valence-corrected chi connectivity index (χ0v) is 31.7. The summed E-state index contributed by atoms with van der Waals surface area (Å²) in [7, 11) is -2.37. The molecule has 0 radical (unpaired) electrons. The monoisotopic (exact) mass is 784 g/mol. The molecule has 0 aromatic heterocycles. The summed E-state index contributed by atoms with van der Waals surface area (Å²) in [6.45, 7) is 12.8. The van der Waals surface area contributed by atoms with E-state index in [1.165, 1.54) is 0 Å². The van der Waals surface area contributed by atoms with Crippen molar-refractivity contribution in [2.45, 2.75) is 127 Å². The average molecular weight is 785 g/mol. The summed E-state index contributed by atoms with van der Waals surface area (Å²) >= 11 is 0. The molecule has 296 valence electrons. The van der Waals surface area contributed by atoms with Gasteiger partial charge in [0.2, 0.25) is 0 Å². The third kappa shape index (κ3) is 7.43. The molecule has 12 unspecified atom stereocenters. The standard InChI is InChI=1S/C40H48F12Si/c1-19-7-9-29-31(33(19)23-13-25(37(41,42)43)17-26(14-23)38(44,45)46)11-21(3)35(29)53(5,6)36-22(4)12-32-30(36)10-8-20(2)34(32)24-15-27(39(47,48)49)18-28(16-24)40(50,51)52/h13-22,29-36H,7-12H2,1-6H3. The Bertz CT molecular complexity index is 1470. The molecular weight excluding hydrogens is 737 g/mol. The van der Waals surface area contributed by atoms with Crippen LogP contribution < -0.4 is 0 Å². The highest BCUT2D eigenvalue weighted by molar-refractivity contribution is 6.80. The second-order valence-electron chi connectivity index (χ2n) is 17.8. The third-order valence-electron chi connectivity index (χ3n) is 14.3. The van der Waals surface area contributed by atoms with Gasteiger partial charge in [0, 0.05) is 0 Å². The fourth-order valence-electron chi connectivity index (χ4n) is 12.9. The minimum atomic E-state index is -4.94. The van der Waals surface area contributed by atoms with Crippen molar-refractivity contribution in [1.82, 2.24) is 0 Å². The van der Waals surface area contributed by atoms with Crippen LogP contribution in [-0.2, 0) is 24.7 Å². The van der Waals surface area contributed by atoms with Gasteiger partial charge >= 0.3 is 24.7 Å². The molecule has 0 aliphatic heterocycles. The SMILES string of the molecule is CC1CCC2C(CC(C)C2[Si](C)(C)C2C(C)CC3C2CCC(C)C3c2cc(C(F)(F)F)cc(C(F)(F)F)c2)C1c1cc(C(F)(F)F)cc(C(F)(F)F)c1. The van der Waals surface area contributed by atoms with Gasteiger partial charge in [-0.1, -0.05) is 40.8 Å². The van der Waals surface area contributed by atoms with Crippen molar-refractivity contribution in [2.75, 3.05) is 0 Å². The molecule has 2 aromatic rings. The third-order valence-corrected chi connectivity index (χ3v) is 19.7. The molecule has 4 aliphatic carbocycles. The molecular formula is C40H48F12Si. The average Bonchev–Trinajstić information content (AvgIpc) is 3.54. The summed E-state index contributed by atoms with van der Waals surface area (Å²) in [5, 5.41) is 0. The lowest BCUT2D eigenvalue weighted by atomic mass is 9.65. The second kappa shape index (κ2) is 13.5. The van der Waals surface area contributed by atoms with E-state index in [1.807, 2.05) is 13.8 Å². The molecule has 12 atom stereocenters. The molecule has 13 heteroatoms. The lowest BCUT2D eigenvalue weighted by Crippen LogP contribution is -2.47. The zero-order chi connectivity index (χ0) is 39.4. The highest BCUT2D eigenvalue weighted by atomic mass is 28.3. The predicted octanol–water partition coefficient (Wildman–Crippen LogP) is 14.5. The van der Waals surface area contributed by atoms with Crippen molar-refractivity contribution in [1.29, 1.82) is 0 Å². The van der Waals surface area contributed by atoms with Gasteiger partial charge < -0.3 is 0 Å². The number of halogens is 12. The van der Waals surface area contributed by atoms with Crippen molar-refractivity contribution in [3.8, 4) is 0 Å². The van der Waals surface area contributed by atoms with Crippen molar-refractivity contribution in [3.63, 3.8) is 0 Å². The minimum Gasteiger partial charge on any atom is -0.166 e. The molecule has 0 amide bonds. The Labute approximate surface area is 304 Å². The summed E-state index contributed by atoms with van der Waals surface area (Å²) in [5.74, 6) is -0.900. The van der Waals surface area contributed by atoms with E-state index in [4.69, 9.17) is 0 Å². The maximum absolute atomic E-state index is 13.9. The van der Waals surface area contributed by atoms with E-state index < -0.39 is 66.9 Å². The first-order valence-electron chi connectivity index (χ1n) is 18.8. The van der Waals surface area contributed by atoms with Gasteiger partial charge in [-0.3, -0.25) is 0 Å². The summed E-state index contributed by atoms with van der Waals surface area (Å²) in [5.41, 5.74) is -4.62. The summed E-state index contributed by atoms with van der Waals surface area (Å²) in [6.07, 6.45) is -15.5. The van der Waals surface area contributed by atoms with Crippen LogP contribution in [0.1, 0.15) is 111 Å². The lowest BCUT2D eigenvalue weighted by Gasteiger charge is -2.50. The Morgan fingerprint density at radius 3 is 0.962 bits per heavy atom. The number of fused-ring (bicyclic) bond motifs is 2. The van der Waals surface area contributed by atoms with Crippen LogP contribution in [0, 0.1) is 47.3 Å². The molecule has 0 spiro atoms. The van der Waals surface area contributed by atoms with E-state index in [-0.39, 0.29) is 81.7 Å². The molecule has 0 nitrogen and oxygen atoms in total. The molecule has 0 N–H and O–H groups in total. The molecule has 53 heavy (non-hydrogen) atoms. The van der Waals surface area contributed by atoms with Crippen LogP contribution in [0.5, 0.6) is 0 Å². The van der Waals surface area contributed by atoms with Crippen LogP contribution in [0.25, 0.3) is 0 Å². The maximum Gasteiger partial charge on any atom is 0.416 e. The largest absolute Gasteiger partial charge is 0.416 e. The van der Waals surface area contributed by atoms with E-state index in [0.717, 1.165) is 37.1 Å². The van der Waals surface area contributed by atoms with Crippen molar-refractivity contribution in [2.24, 2.45) is 47.3 Å². The Kier molecular flexibility index (Phi) is 10.3. The first-order valence-corrected chi connectivity index (χ1v) is 22.0. The van der Waals surface area contributed by atoms with E-state index in [2.05, 4.69) is 26.9 Å². The van der Waals surface area contributed by atoms with Crippen LogP contribution in [0.4, 0.5) is 52.7 Å². The van der Waals surface area contributed by atoms with Gasteiger partial charge in [0.25, 0.3) is 0 Å². The molecule has 4 saturated carbocycles. The van der Waals surface area contributed by atoms with Crippen LogP contribution in [-0.4, -0.2) is 8.07 Å². The van der Waals surface area contributed by atoms with Crippen molar-refractivity contribution in [3.05, 3.63) is 69.8 Å². The maximum atomic E-state index is 13.9. The molecule has 2 aromatic carbocycles. The van der Waals surface area contributed by atoms with E-state index in [1.54, 1.807) is 0 Å². The highest BCUT2D eigenvalue weighted by Crippen LogP contribution is 2.68. The Morgan fingerprint density at radius 1 is 0.415 bits per heavy atom. The second-order valence-corrected chi connectivity index (χ2v) is 22.8. The molecule has 4 aliphatic rings. The lowest BCUT2D eigenvalue weighted by molar-refractivity contribution is -0.144. The molecule has 0 saturated heterocycles. The van der Waals surface area contributed by atoms with Gasteiger partial charge in [0.05, 0.1) is 30.3 Å². The minimum absolute atomic E-state index is 0.0828. The Hall–Kier alpha value is -2.18.